The van der Waals surface area contributed by atoms with Gasteiger partial charge in [-0.1, -0.05) is 13.8 Å². The summed E-state index contributed by atoms with van der Waals surface area (Å²) < 4.78 is 0. The van der Waals surface area contributed by atoms with Crippen molar-refractivity contribution in [2.24, 2.45) is 11.0 Å². The van der Waals surface area contributed by atoms with Crippen LogP contribution in [0.4, 0.5) is 11.4 Å². The lowest BCUT2D eigenvalue weighted by Gasteiger charge is -2.07. The van der Waals surface area contributed by atoms with Crippen LogP contribution in [0.3, 0.4) is 0 Å². The maximum Gasteiger partial charge on any atom is 0.113 e. The Bertz CT molecular complexity index is 307. The summed E-state index contributed by atoms with van der Waals surface area (Å²) in [5, 5.41) is 3.35. The third kappa shape index (κ3) is 2.00. The number of aromatic nitrogens is 1. The molecular weight excluding hydrogens is 166 g/mol. The van der Waals surface area contributed by atoms with Gasteiger partial charge < -0.3 is 5.43 Å². The van der Waals surface area contributed by atoms with Crippen LogP contribution in [0.25, 0.3) is 0 Å². The molecule has 0 aromatic carbocycles. The Hall–Kier alpha value is -1.49. The highest BCUT2D eigenvalue weighted by Gasteiger charge is 2.05. The number of hydrogen-bond donors (Lipinski definition) is 3. The van der Waals surface area contributed by atoms with Crippen LogP contribution in [-0.4, -0.2) is 4.98 Å². The lowest BCUT2D eigenvalue weighted by Crippen LogP contribution is -2.07. The molecule has 0 spiro atoms. The normalized spacial score (nSPS) is 10.2. The van der Waals surface area contributed by atoms with E-state index in [0.717, 1.165) is 5.69 Å². The smallest absolute Gasteiger partial charge is 0.113 e. The second-order valence-electron chi connectivity index (χ2n) is 3.04. The lowest BCUT2D eigenvalue weighted by molar-refractivity contribution is 0.822. The zero-order chi connectivity index (χ0) is 9.84. The summed E-state index contributed by atoms with van der Waals surface area (Å²) in [7, 11) is 0. The first-order valence-corrected chi connectivity index (χ1v) is 4.03. The number of pyridine rings is 1. The van der Waals surface area contributed by atoms with Crippen molar-refractivity contribution in [3.8, 4) is 0 Å². The number of nitrogens with one attached hydrogen (secondary N) is 2. The molecule has 0 aliphatic carbocycles. The van der Waals surface area contributed by atoms with Gasteiger partial charge in [-0.05, 0) is 12.0 Å². The lowest BCUT2D eigenvalue weighted by atomic mass is 10.1. The van der Waals surface area contributed by atoms with Gasteiger partial charge in [0.15, 0.2) is 0 Å². The Morgan fingerprint density at radius 1 is 1.62 bits per heavy atom. The Morgan fingerprint density at radius 3 is 2.77 bits per heavy atom. The highest BCUT2D eigenvalue weighted by molar-refractivity contribution is 5.63. The van der Waals surface area contributed by atoms with Crippen LogP contribution in [0.1, 0.15) is 25.5 Å². The molecule has 0 saturated carbocycles. The predicted octanol–water partition coefficient (Wildman–Crippen LogP) is 2.15. The van der Waals surface area contributed by atoms with Crippen molar-refractivity contribution in [3.63, 3.8) is 0 Å². The number of rotatable bonds is 3. The number of nitrogen functional groups attached to an aromatic ring is 1. The molecule has 13 heavy (non-hydrogen) atoms. The average molecular weight is 179 g/mol. The van der Waals surface area contributed by atoms with Crippen LogP contribution < -0.4 is 11.3 Å². The largest absolute Gasteiger partial charge is 0.321 e. The van der Waals surface area contributed by atoms with Gasteiger partial charge in [-0.15, -0.1) is 0 Å². The minimum Gasteiger partial charge on any atom is -0.321 e. The second-order valence-corrected chi connectivity index (χ2v) is 3.04. The Balaban J connectivity index is 3.13. The van der Waals surface area contributed by atoms with Crippen LogP contribution in [0.15, 0.2) is 17.4 Å². The van der Waals surface area contributed by atoms with E-state index < -0.39 is 0 Å². The SMILES string of the molecule is CC(C)c1cc(N=N)c(NN)cn1. The number of hydrazine groups is 1. The highest BCUT2D eigenvalue weighted by Crippen LogP contribution is 2.26. The van der Waals surface area contributed by atoms with E-state index in [1.807, 2.05) is 13.8 Å². The van der Waals surface area contributed by atoms with E-state index in [1.54, 1.807) is 12.3 Å². The van der Waals surface area contributed by atoms with E-state index in [2.05, 4.69) is 15.5 Å². The zero-order valence-corrected chi connectivity index (χ0v) is 7.70. The maximum atomic E-state index is 6.93. The van der Waals surface area contributed by atoms with Crippen LogP contribution >= 0.6 is 0 Å². The van der Waals surface area contributed by atoms with Crippen LogP contribution in [-0.2, 0) is 0 Å². The van der Waals surface area contributed by atoms with Gasteiger partial charge in [-0.2, -0.15) is 5.11 Å². The Labute approximate surface area is 76.8 Å². The first-order chi connectivity index (χ1) is 6.19. The van der Waals surface area contributed by atoms with Gasteiger partial charge in [0.05, 0.1) is 11.9 Å². The molecule has 0 fully saturated rings. The van der Waals surface area contributed by atoms with E-state index in [9.17, 15) is 0 Å². The molecule has 4 N–H and O–H groups in total. The van der Waals surface area contributed by atoms with Crippen molar-refractivity contribution in [2.45, 2.75) is 19.8 Å². The predicted molar refractivity (Wildman–Crippen MR) is 50.9 cm³/mol. The van der Waals surface area contributed by atoms with Gasteiger partial charge in [0.25, 0.3) is 0 Å². The summed E-state index contributed by atoms with van der Waals surface area (Å²) in [5.41, 5.74) is 11.4. The topological polar surface area (TPSA) is 87.2 Å². The molecular formula is C8H13N5. The maximum absolute atomic E-state index is 6.93. The zero-order valence-electron chi connectivity index (χ0n) is 7.70. The molecule has 1 aromatic heterocycles. The first kappa shape index (κ1) is 9.60. The Kier molecular flexibility index (Phi) is 2.92. The molecule has 0 radical (unpaired) electrons. The van der Waals surface area contributed by atoms with Gasteiger partial charge in [-0.3, -0.25) is 10.8 Å². The summed E-state index contributed by atoms with van der Waals surface area (Å²) in [6.07, 6.45) is 1.59. The van der Waals surface area contributed by atoms with Crippen molar-refractivity contribution in [3.05, 3.63) is 18.0 Å². The van der Waals surface area contributed by atoms with E-state index in [-0.39, 0.29) is 0 Å². The van der Waals surface area contributed by atoms with Crippen LogP contribution in [0.2, 0.25) is 0 Å². The van der Waals surface area contributed by atoms with Crippen molar-refractivity contribution < 1.29 is 0 Å². The third-order valence-electron chi connectivity index (χ3n) is 1.77. The molecule has 1 aromatic rings. The van der Waals surface area contributed by atoms with Crippen molar-refractivity contribution in [1.29, 1.82) is 5.53 Å². The monoisotopic (exact) mass is 179 g/mol. The van der Waals surface area contributed by atoms with Crippen molar-refractivity contribution in [2.75, 3.05) is 5.43 Å². The van der Waals surface area contributed by atoms with E-state index in [0.29, 0.717) is 17.3 Å². The Morgan fingerprint density at radius 2 is 2.31 bits per heavy atom. The average Bonchev–Trinajstić information content (AvgIpc) is 2.16. The fourth-order valence-corrected chi connectivity index (χ4v) is 0.980. The van der Waals surface area contributed by atoms with E-state index >= 15 is 0 Å². The van der Waals surface area contributed by atoms with Crippen LogP contribution in [0, 0.1) is 5.53 Å². The fourth-order valence-electron chi connectivity index (χ4n) is 0.980. The summed E-state index contributed by atoms with van der Waals surface area (Å²) in [6, 6.07) is 1.76. The fraction of sp³-hybridized carbons (Fsp3) is 0.375. The minimum atomic E-state index is 0.326. The van der Waals surface area contributed by atoms with Crippen LogP contribution in [0.5, 0.6) is 0 Å². The standard InChI is InChI=1S/C8H13N5/c1-5(2)6-3-7(12-9)8(13-10)4-11-6/h3-5,9,13H,10H2,1-2H3. The van der Waals surface area contributed by atoms with Gasteiger partial charge in [0, 0.05) is 5.69 Å². The third-order valence-corrected chi connectivity index (χ3v) is 1.77. The van der Waals surface area contributed by atoms with Gasteiger partial charge in [-0.25, -0.2) is 5.53 Å². The molecule has 1 heterocycles. The summed E-state index contributed by atoms with van der Waals surface area (Å²) >= 11 is 0. The molecule has 5 heteroatoms. The molecule has 0 saturated heterocycles. The number of nitrogens with two attached hydrogens (primary N) is 1. The molecule has 0 atom stereocenters. The molecule has 1 rings (SSSR count). The van der Waals surface area contributed by atoms with Gasteiger partial charge in [0.2, 0.25) is 0 Å². The molecule has 5 nitrogen and oxygen atoms in total. The minimum absolute atomic E-state index is 0.326. The van der Waals surface area contributed by atoms with Gasteiger partial charge >= 0.3 is 0 Å². The van der Waals surface area contributed by atoms with Gasteiger partial charge in [0.1, 0.15) is 5.69 Å². The highest BCUT2D eigenvalue weighted by atomic mass is 15.2. The quantitative estimate of drug-likeness (QED) is 0.377. The summed E-state index contributed by atoms with van der Waals surface area (Å²) in [4.78, 5) is 4.17. The molecule has 0 aliphatic heterocycles. The number of nitrogens with zero attached hydrogens (tertiary/aromatic N) is 2. The number of anilines is 1. The molecule has 70 valence electrons. The van der Waals surface area contributed by atoms with Crippen molar-refractivity contribution >= 4 is 11.4 Å². The number of hydrogen-bond acceptors (Lipinski definition) is 5. The van der Waals surface area contributed by atoms with E-state index in [1.165, 1.54) is 0 Å². The first-order valence-electron chi connectivity index (χ1n) is 4.03. The molecule has 0 aliphatic rings. The molecule has 0 amide bonds. The van der Waals surface area contributed by atoms with E-state index in [4.69, 9.17) is 11.4 Å². The molecule has 0 unspecified atom stereocenters. The summed E-state index contributed by atoms with van der Waals surface area (Å²) in [6.45, 7) is 4.07. The van der Waals surface area contributed by atoms with Crippen molar-refractivity contribution in [1.82, 2.24) is 4.98 Å². The second kappa shape index (κ2) is 3.95. The molecule has 0 bridgehead atoms. The summed E-state index contributed by atoms with van der Waals surface area (Å²) in [5.74, 6) is 5.55.